The molecule has 0 aliphatic heterocycles. The minimum absolute atomic E-state index is 0.333. The van der Waals surface area contributed by atoms with Gasteiger partial charge in [0.05, 0.1) is 12.6 Å². The molecule has 1 fully saturated rings. The number of nitrogens with one attached hydrogen (secondary N) is 2. The summed E-state index contributed by atoms with van der Waals surface area (Å²) in [6, 6.07) is 8.90. The molecule has 2 aromatic heterocycles. The van der Waals surface area contributed by atoms with Gasteiger partial charge in [-0.1, -0.05) is 0 Å². The number of hydrogen-bond donors (Lipinski definition) is 3. The number of hydrogen-bond acceptors (Lipinski definition) is 7. The standard InChI is InChI=1S/C22H28N6O/c1-13-10-14(18-8-9-19(24-2)27-21(18)29-3)11-15-12-25-22(28-20(13)15)26-17-6-4-16(23)5-7-17/h8-12,16-17H,4-7,23H2,1-3H3,(H,24,27)(H,25,26,28)/t16-,17-. The van der Waals surface area contributed by atoms with Gasteiger partial charge in [-0.05, 0) is 68.0 Å². The minimum Gasteiger partial charge on any atom is -0.480 e. The summed E-state index contributed by atoms with van der Waals surface area (Å²) in [6.45, 7) is 2.07. The Labute approximate surface area is 171 Å². The summed E-state index contributed by atoms with van der Waals surface area (Å²) in [4.78, 5) is 13.8. The number of aryl methyl sites for hydroxylation is 1. The second-order valence-electron chi connectivity index (χ2n) is 7.68. The summed E-state index contributed by atoms with van der Waals surface area (Å²) in [5.74, 6) is 2.04. The molecular formula is C22H28N6O. The van der Waals surface area contributed by atoms with Gasteiger partial charge in [-0.25, -0.2) is 9.97 Å². The summed E-state index contributed by atoms with van der Waals surface area (Å²) >= 11 is 0. The van der Waals surface area contributed by atoms with Crippen LogP contribution in [-0.4, -0.2) is 41.2 Å². The van der Waals surface area contributed by atoms with Crippen LogP contribution in [0.5, 0.6) is 5.88 Å². The number of nitrogens with zero attached hydrogens (tertiary/aromatic N) is 3. The predicted octanol–water partition coefficient (Wildman–Crippen LogP) is 3.73. The van der Waals surface area contributed by atoms with Gasteiger partial charge in [0.25, 0.3) is 0 Å². The molecule has 29 heavy (non-hydrogen) atoms. The number of rotatable bonds is 5. The molecule has 4 N–H and O–H groups in total. The summed E-state index contributed by atoms with van der Waals surface area (Å²) in [7, 11) is 3.48. The lowest BCUT2D eigenvalue weighted by molar-refractivity contribution is 0.400. The average molecular weight is 393 g/mol. The molecule has 7 heteroatoms. The van der Waals surface area contributed by atoms with Gasteiger partial charge < -0.3 is 21.1 Å². The van der Waals surface area contributed by atoms with Gasteiger partial charge in [-0.15, -0.1) is 0 Å². The van der Waals surface area contributed by atoms with Gasteiger partial charge in [0, 0.05) is 36.3 Å². The molecular weight excluding hydrogens is 364 g/mol. The van der Waals surface area contributed by atoms with E-state index in [-0.39, 0.29) is 0 Å². The molecule has 1 saturated carbocycles. The van der Waals surface area contributed by atoms with E-state index in [1.807, 2.05) is 25.4 Å². The summed E-state index contributed by atoms with van der Waals surface area (Å²) in [5, 5.41) is 7.52. The quantitative estimate of drug-likeness (QED) is 0.608. The normalized spacial score (nSPS) is 19.2. The molecule has 1 aliphatic rings. The molecule has 0 unspecified atom stereocenters. The zero-order chi connectivity index (χ0) is 20.4. The van der Waals surface area contributed by atoms with Crippen molar-refractivity contribution in [3.8, 4) is 17.0 Å². The van der Waals surface area contributed by atoms with E-state index in [1.54, 1.807) is 7.11 Å². The first-order chi connectivity index (χ1) is 14.1. The Morgan fingerprint density at radius 2 is 1.90 bits per heavy atom. The molecule has 7 nitrogen and oxygen atoms in total. The van der Waals surface area contributed by atoms with Gasteiger partial charge >= 0.3 is 0 Å². The topological polar surface area (TPSA) is 98.0 Å². The molecule has 3 aromatic rings. The van der Waals surface area contributed by atoms with Crippen LogP contribution in [0.2, 0.25) is 0 Å². The minimum atomic E-state index is 0.333. The maximum atomic E-state index is 6.01. The molecule has 0 amide bonds. The third-order valence-corrected chi connectivity index (χ3v) is 5.60. The van der Waals surface area contributed by atoms with Crippen LogP contribution in [0.15, 0.2) is 30.5 Å². The van der Waals surface area contributed by atoms with E-state index in [2.05, 4.69) is 39.7 Å². The Bertz CT molecular complexity index is 1010. The maximum absolute atomic E-state index is 6.01. The lowest BCUT2D eigenvalue weighted by Crippen LogP contribution is -2.33. The van der Waals surface area contributed by atoms with Crippen LogP contribution in [0.1, 0.15) is 31.2 Å². The number of aromatic nitrogens is 3. The number of benzene rings is 1. The largest absolute Gasteiger partial charge is 0.480 e. The Balaban J connectivity index is 1.64. The first kappa shape index (κ1) is 19.4. The van der Waals surface area contributed by atoms with E-state index in [9.17, 15) is 0 Å². The number of pyridine rings is 1. The van der Waals surface area contributed by atoms with E-state index in [0.29, 0.717) is 23.9 Å². The van der Waals surface area contributed by atoms with Crippen LogP contribution < -0.4 is 21.1 Å². The van der Waals surface area contributed by atoms with Crippen molar-refractivity contribution in [2.24, 2.45) is 5.73 Å². The average Bonchev–Trinajstić information content (AvgIpc) is 2.75. The van der Waals surface area contributed by atoms with Crippen LogP contribution in [0.4, 0.5) is 11.8 Å². The fourth-order valence-corrected chi connectivity index (χ4v) is 3.95. The zero-order valence-electron chi connectivity index (χ0n) is 17.2. The summed E-state index contributed by atoms with van der Waals surface area (Å²) in [5.41, 5.74) is 10.0. The highest BCUT2D eigenvalue weighted by atomic mass is 16.5. The van der Waals surface area contributed by atoms with Crippen molar-refractivity contribution in [3.63, 3.8) is 0 Å². The summed E-state index contributed by atoms with van der Waals surface area (Å²) < 4.78 is 5.50. The fraction of sp³-hybridized carbons (Fsp3) is 0.409. The van der Waals surface area contributed by atoms with Gasteiger partial charge in [0.15, 0.2) is 0 Å². The smallest absolute Gasteiger partial charge is 0.223 e. The van der Waals surface area contributed by atoms with Crippen LogP contribution >= 0.6 is 0 Å². The van der Waals surface area contributed by atoms with Crippen molar-refractivity contribution in [2.75, 3.05) is 24.8 Å². The van der Waals surface area contributed by atoms with E-state index in [0.717, 1.165) is 59.1 Å². The Morgan fingerprint density at radius 3 is 2.62 bits per heavy atom. The lowest BCUT2D eigenvalue weighted by Gasteiger charge is -2.26. The highest BCUT2D eigenvalue weighted by molar-refractivity contribution is 5.88. The summed E-state index contributed by atoms with van der Waals surface area (Å²) in [6.07, 6.45) is 6.12. The number of anilines is 2. The molecule has 0 saturated heterocycles. The van der Waals surface area contributed by atoms with Crippen molar-refractivity contribution in [1.29, 1.82) is 0 Å². The number of ether oxygens (including phenoxy) is 1. The third kappa shape index (κ3) is 4.10. The van der Waals surface area contributed by atoms with E-state index in [4.69, 9.17) is 15.5 Å². The van der Waals surface area contributed by atoms with Crippen molar-refractivity contribution in [3.05, 3.63) is 36.0 Å². The molecule has 1 aliphatic carbocycles. The third-order valence-electron chi connectivity index (χ3n) is 5.60. The van der Waals surface area contributed by atoms with Crippen molar-refractivity contribution >= 4 is 22.7 Å². The fourth-order valence-electron chi connectivity index (χ4n) is 3.95. The molecule has 152 valence electrons. The van der Waals surface area contributed by atoms with Gasteiger partial charge in [0.1, 0.15) is 5.82 Å². The molecule has 0 radical (unpaired) electrons. The van der Waals surface area contributed by atoms with Gasteiger partial charge in [-0.2, -0.15) is 4.98 Å². The predicted molar refractivity (Wildman–Crippen MR) is 117 cm³/mol. The van der Waals surface area contributed by atoms with Crippen molar-refractivity contribution in [1.82, 2.24) is 15.0 Å². The Kier molecular flexibility index (Phi) is 5.49. The van der Waals surface area contributed by atoms with E-state index < -0.39 is 0 Å². The monoisotopic (exact) mass is 392 g/mol. The Hall–Kier alpha value is -2.93. The highest BCUT2D eigenvalue weighted by Crippen LogP contribution is 2.33. The number of methoxy groups -OCH3 is 1. The molecule has 1 aromatic carbocycles. The van der Waals surface area contributed by atoms with Gasteiger partial charge in [-0.3, -0.25) is 0 Å². The maximum Gasteiger partial charge on any atom is 0.223 e. The molecule has 0 bridgehead atoms. The van der Waals surface area contributed by atoms with Crippen molar-refractivity contribution < 1.29 is 4.74 Å². The number of nitrogens with two attached hydrogens (primary N) is 1. The molecule has 2 heterocycles. The van der Waals surface area contributed by atoms with Gasteiger partial charge in [0.2, 0.25) is 11.8 Å². The molecule has 4 rings (SSSR count). The number of fused-ring (bicyclic) bond motifs is 1. The van der Waals surface area contributed by atoms with Crippen LogP contribution in [0, 0.1) is 6.92 Å². The SMILES string of the molecule is CNc1ccc(-c2cc(C)c3nc(N[C@H]4CC[C@H](N)CC4)ncc3c2)c(OC)n1. The second-order valence-corrected chi connectivity index (χ2v) is 7.68. The first-order valence-electron chi connectivity index (χ1n) is 10.1. The first-order valence-corrected chi connectivity index (χ1v) is 10.1. The van der Waals surface area contributed by atoms with Crippen LogP contribution in [-0.2, 0) is 0 Å². The lowest BCUT2D eigenvalue weighted by atomic mass is 9.92. The molecule has 0 spiro atoms. The highest BCUT2D eigenvalue weighted by Gasteiger charge is 2.19. The Morgan fingerprint density at radius 1 is 1.10 bits per heavy atom. The van der Waals surface area contributed by atoms with Crippen molar-refractivity contribution in [2.45, 2.75) is 44.7 Å². The second kappa shape index (κ2) is 8.21. The molecule has 0 atom stereocenters. The van der Waals surface area contributed by atoms with E-state index in [1.165, 1.54) is 0 Å². The van der Waals surface area contributed by atoms with Crippen LogP contribution in [0.3, 0.4) is 0 Å². The zero-order valence-corrected chi connectivity index (χ0v) is 17.2. The van der Waals surface area contributed by atoms with Crippen LogP contribution in [0.25, 0.3) is 22.0 Å². The van der Waals surface area contributed by atoms with E-state index >= 15 is 0 Å².